The Bertz CT molecular complexity index is 1040. The molecule has 1 aromatic carbocycles. The molecule has 1 aliphatic rings. The maximum absolute atomic E-state index is 5.95. The summed E-state index contributed by atoms with van der Waals surface area (Å²) < 4.78 is 10.1. The number of hydrogen-bond donors (Lipinski definition) is 0. The molecule has 8 heteroatoms. The molecule has 1 saturated heterocycles. The predicted octanol–water partition coefficient (Wildman–Crippen LogP) is 5.22. The first kappa shape index (κ1) is 20.1. The molecule has 152 valence electrons. The molecule has 3 heterocycles. The van der Waals surface area contributed by atoms with Gasteiger partial charge >= 0.3 is 0 Å². The zero-order valence-electron chi connectivity index (χ0n) is 16.4. The smallest absolute Gasteiger partial charge is 0.220 e. The van der Waals surface area contributed by atoms with Crippen LogP contribution >= 0.6 is 23.8 Å². The SMILES string of the molecule is CCc1nn(CN2CCCCC2)c(=S)n1/N=C/c1ccc(-c2ccc(Cl)cc2)o1. The Balaban J connectivity index is 1.53. The highest BCUT2D eigenvalue weighted by Gasteiger charge is 2.14. The van der Waals surface area contributed by atoms with Crippen LogP contribution in [0, 0.1) is 4.77 Å². The van der Waals surface area contributed by atoms with Crippen LogP contribution < -0.4 is 0 Å². The van der Waals surface area contributed by atoms with Gasteiger partial charge in [-0.3, -0.25) is 4.90 Å². The van der Waals surface area contributed by atoms with Gasteiger partial charge in [-0.15, -0.1) is 0 Å². The van der Waals surface area contributed by atoms with Gasteiger partial charge in [0.2, 0.25) is 4.77 Å². The number of rotatable bonds is 6. The Morgan fingerprint density at radius 3 is 2.62 bits per heavy atom. The number of hydrogen-bond acceptors (Lipinski definition) is 5. The normalized spacial score (nSPS) is 15.4. The van der Waals surface area contributed by atoms with Crippen molar-refractivity contribution in [3.8, 4) is 11.3 Å². The van der Waals surface area contributed by atoms with Crippen molar-refractivity contribution in [1.82, 2.24) is 19.4 Å². The molecule has 3 aromatic rings. The second-order valence-electron chi connectivity index (χ2n) is 7.14. The van der Waals surface area contributed by atoms with E-state index in [0.29, 0.717) is 15.6 Å². The first-order valence-electron chi connectivity index (χ1n) is 9.95. The van der Waals surface area contributed by atoms with E-state index in [0.717, 1.165) is 43.3 Å². The number of nitrogens with zero attached hydrogens (tertiary/aromatic N) is 5. The zero-order valence-corrected chi connectivity index (χ0v) is 18.0. The summed E-state index contributed by atoms with van der Waals surface area (Å²) in [5.41, 5.74) is 0.967. The van der Waals surface area contributed by atoms with Gasteiger partial charge in [0.25, 0.3) is 0 Å². The fourth-order valence-corrected chi connectivity index (χ4v) is 3.85. The number of benzene rings is 1. The molecule has 1 fully saturated rings. The molecule has 0 amide bonds. The van der Waals surface area contributed by atoms with Crippen molar-refractivity contribution in [2.75, 3.05) is 13.1 Å². The van der Waals surface area contributed by atoms with Crippen LogP contribution in [0.3, 0.4) is 0 Å². The second-order valence-corrected chi connectivity index (χ2v) is 7.94. The van der Waals surface area contributed by atoms with Crippen molar-refractivity contribution in [2.24, 2.45) is 5.10 Å². The summed E-state index contributed by atoms with van der Waals surface area (Å²) in [5.74, 6) is 2.26. The van der Waals surface area contributed by atoms with Crippen molar-refractivity contribution in [1.29, 1.82) is 0 Å². The van der Waals surface area contributed by atoms with Gasteiger partial charge in [0.15, 0.2) is 5.82 Å². The Hall–Kier alpha value is -2.22. The van der Waals surface area contributed by atoms with E-state index in [-0.39, 0.29) is 0 Å². The van der Waals surface area contributed by atoms with E-state index in [1.54, 1.807) is 10.9 Å². The third-order valence-electron chi connectivity index (χ3n) is 5.04. The van der Waals surface area contributed by atoms with Crippen molar-refractivity contribution in [3.05, 3.63) is 57.8 Å². The van der Waals surface area contributed by atoms with Crippen LogP contribution in [0.1, 0.15) is 37.8 Å². The Labute approximate surface area is 180 Å². The fraction of sp³-hybridized carbons (Fsp3) is 0.381. The third kappa shape index (κ3) is 4.69. The Kier molecular flexibility index (Phi) is 6.28. The number of piperidine rings is 1. The van der Waals surface area contributed by atoms with Crippen LogP contribution in [0.5, 0.6) is 0 Å². The molecule has 0 saturated carbocycles. The van der Waals surface area contributed by atoms with Gasteiger partial charge < -0.3 is 4.42 Å². The number of likely N-dealkylation sites (tertiary alicyclic amines) is 1. The van der Waals surface area contributed by atoms with Crippen molar-refractivity contribution >= 4 is 30.0 Å². The lowest BCUT2D eigenvalue weighted by atomic mass is 10.1. The number of aromatic nitrogens is 3. The van der Waals surface area contributed by atoms with E-state index in [1.807, 2.05) is 41.1 Å². The van der Waals surface area contributed by atoms with Gasteiger partial charge in [0.05, 0.1) is 12.9 Å². The van der Waals surface area contributed by atoms with E-state index in [2.05, 4.69) is 22.0 Å². The predicted molar refractivity (Wildman–Crippen MR) is 118 cm³/mol. The molecule has 0 radical (unpaired) electrons. The molecule has 29 heavy (non-hydrogen) atoms. The summed E-state index contributed by atoms with van der Waals surface area (Å²) in [7, 11) is 0. The van der Waals surface area contributed by atoms with E-state index >= 15 is 0 Å². The lowest BCUT2D eigenvalue weighted by Crippen LogP contribution is -2.32. The minimum absolute atomic E-state index is 0.605. The summed E-state index contributed by atoms with van der Waals surface area (Å²) >= 11 is 11.6. The van der Waals surface area contributed by atoms with Crippen LogP contribution in [-0.4, -0.2) is 38.7 Å². The largest absolute Gasteiger partial charge is 0.455 e. The molecular weight excluding hydrogens is 406 g/mol. The van der Waals surface area contributed by atoms with Gasteiger partial charge in [0, 0.05) is 17.0 Å². The average Bonchev–Trinajstić information content (AvgIpc) is 3.33. The topological polar surface area (TPSA) is 51.5 Å². The van der Waals surface area contributed by atoms with Crippen molar-refractivity contribution < 1.29 is 4.42 Å². The van der Waals surface area contributed by atoms with Gasteiger partial charge in [-0.1, -0.05) is 24.9 Å². The average molecular weight is 430 g/mol. The van der Waals surface area contributed by atoms with Crippen LogP contribution in [0.4, 0.5) is 0 Å². The van der Waals surface area contributed by atoms with Gasteiger partial charge in [-0.05, 0) is 74.5 Å². The van der Waals surface area contributed by atoms with Crippen LogP contribution in [0.25, 0.3) is 11.3 Å². The summed E-state index contributed by atoms with van der Waals surface area (Å²) in [5, 5.41) is 9.92. The van der Waals surface area contributed by atoms with Crippen molar-refractivity contribution in [3.63, 3.8) is 0 Å². The summed E-state index contributed by atoms with van der Waals surface area (Å²) in [4.78, 5) is 2.39. The third-order valence-corrected chi connectivity index (χ3v) is 5.67. The highest BCUT2D eigenvalue weighted by Crippen LogP contribution is 2.23. The molecule has 0 unspecified atom stereocenters. The molecule has 0 N–H and O–H groups in total. The molecule has 0 bridgehead atoms. The lowest BCUT2D eigenvalue weighted by Gasteiger charge is -2.25. The van der Waals surface area contributed by atoms with Crippen LogP contribution in [0.15, 0.2) is 45.9 Å². The monoisotopic (exact) mass is 429 g/mol. The molecular formula is C21H24ClN5OS. The van der Waals surface area contributed by atoms with E-state index < -0.39 is 0 Å². The minimum atomic E-state index is 0.605. The molecule has 0 aliphatic carbocycles. The zero-order chi connectivity index (χ0) is 20.2. The maximum atomic E-state index is 5.95. The first-order chi connectivity index (χ1) is 14.1. The van der Waals surface area contributed by atoms with Crippen molar-refractivity contribution in [2.45, 2.75) is 39.3 Å². The molecule has 6 nitrogen and oxygen atoms in total. The summed E-state index contributed by atoms with van der Waals surface area (Å²) in [6.45, 7) is 4.97. The standard InChI is InChI=1S/C21H24ClN5OS/c1-2-20-24-26(15-25-12-4-3-5-13-25)21(29)27(20)23-14-18-10-11-19(28-18)16-6-8-17(22)9-7-16/h6-11,14H,2-5,12-13,15H2,1H3/b23-14+. The number of furan rings is 1. The molecule has 0 atom stereocenters. The summed E-state index contributed by atoms with van der Waals surface area (Å²) in [6, 6.07) is 11.4. The van der Waals surface area contributed by atoms with Crippen LogP contribution in [-0.2, 0) is 13.1 Å². The van der Waals surface area contributed by atoms with E-state index in [1.165, 1.54) is 19.3 Å². The Morgan fingerprint density at radius 1 is 1.14 bits per heavy atom. The van der Waals surface area contributed by atoms with Gasteiger partial charge in [0.1, 0.15) is 11.5 Å². The molecule has 1 aliphatic heterocycles. The number of aryl methyl sites for hydroxylation is 1. The quantitative estimate of drug-likeness (QED) is 0.398. The van der Waals surface area contributed by atoms with Crippen LogP contribution in [0.2, 0.25) is 5.02 Å². The molecule has 2 aromatic heterocycles. The summed E-state index contributed by atoms with van der Waals surface area (Å²) in [6.07, 6.45) is 6.22. The fourth-order valence-electron chi connectivity index (χ4n) is 3.47. The Morgan fingerprint density at radius 2 is 1.90 bits per heavy atom. The molecule has 0 spiro atoms. The minimum Gasteiger partial charge on any atom is -0.455 e. The molecule has 4 rings (SSSR count). The number of halogens is 1. The second kappa shape index (κ2) is 9.07. The highest BCUT2D eigenvalue weighted by molar-refractivity contribution is 7.71. The van der Waals surface area contributed by atoms with Gasteiger partial charge in [-0.25, -0.2) is 4.68 Å². The van der Waals surface area contributed by atoms with Gasteiger partial charge in [-0.2, -0.15) is 14.9 Å². The van der Waals surface area contributed by atoms with E-state index in [9.17, 15) is 0 Å². The maximum Gasteiger partial charge on any atom is 0.220 e. The lowest BCUT2D eigenvalue weighted by molar-refractivity contribution is 0.171. The van der Waals surface area contributed by atoms with E-state index in [4.69, 9.17) is 28.2 Å². The highest BCUT2D eigenvalue weighted by atomic mass is 35.5. The first-order valence-corrected chi connectivity index (χ1v) is 10.7.